The fraction of sp³-hybridized carbons (Fsp3) is 0.318. The Labute approximate surface area is 169 Å². The number of hydrogen-bond acceptors (Lipinski definition) is 6. The Bertz CT molecular complexity index is 953. The summed E-state index contributed by atoms with van der Waals surface area (Å²) in [7, 11) is 1.38. The van der Waals surface area contributed by atoms with Crippen molar-refractivity contribution in [2.45, 2.75) is 32.3 Å². The van der Waals surface area contributed by atoms with Gasteiger partial charge in [-0.25, -0.2) is 14.8 Å². The van der Waals surface area contributed by atoms with Crippen LogP contribution in [-0.4, -0.2) is 40.4 Å². The summed E-state index contributed by atoms with van der Waals surface area (Å²) in [5, 5.41) is 9.29. The fourth-order valence-electron chi connectivity index (χ4n) is 2.84. The minimum Gasteiger partial charge on any atom is -0.479 e. The van der Waals surface area contributed by atoms with Gasteiger partial charge in [-0.3, -0.25) is 0 Å². The molecule has 0 saturated carbocycles. The molecule has 2 aromatic heterocycles. The quantitative estimate of drug-likeness (QED) is 0.589. The van der Waals surface area contributed by atoms with E-state index in [0.29, 0.717) is 24.8 Å². The molecule has 0 saturated heterocycles. The maximum atomic E-state index is 11.3. The molecule has 0 fully saturated rings. The standard InChI is InChI=1S/C22H24N2O5/c1-15-18(24-20(29-15)17-7-5-4-6-8-17)11-12-28-19-10-9-16(14-23-19)13-22(2,27-3)21(25)26/h4-10,14H,11-13H2,1-3H3,(H,25,26). The van der Waals surface area contributed by atoms with Gasteiger partial charge in [0.15, 0.2) is 5.60 Å². The molecule has 1 unspecified atom stereocenters. The summed E-state index contributed by atoms with van der Waals surface area (Å²) >= 11 is 0. The van der Waals surface area contributed by atoms with Crippen molar-refractivity contribution in [3.8, 4) is 17.3 Å². The zero-order valence-electron chi connectivity index (χ0n) is 16.7. The lowest BCUT2D eigenvalue weighted by Crippen LogP contribution is -2.39. The number of nitrogens with zero attached hydrogens (tertiary/aromatic N) is 2. The fourth-order valence-corrected chi connectivity index (χ4v) is 2.84. The van der Waals surface area contributed by atoms with Gasteiger partial charge in [-0.2, -0.15) is 0 Å². The Morgan fingerprint density at radius 1 is 1.21 bits per heavy atom. The number of oxazole rings is 1. The summed E-state index contributed by atoms with van der Waals surface area (Å²) in [5.41, 5.74) is 1.25. The highest BCUT2D eigenvalue weighted by Crippen LogP contribution is 2.22. The lowest BCUT2D eigenvalue weighted by molar-refractivity contribution is -0.159. The number of ether oxygens (including phenoxy) is 2. The highest BCUT2D eigenvalue weighted by Gasteiger charge is 2.33. The van der Waals surface area contributed by atoms with Crippen LogP contribution in [0.15, 0.2) is 53.1 Å². The molecule has 0 bridgehead atoms. The third-order valence-corrected chi connectivity index (χ3v) is 4.74. The Kier molecular flexibility index (Phi) is 6.29. The van der Waals surface area contributed by atoms with Crippen molar-refractivity contribution in [1.82, 2.24) is 9.97 Å². The highest BCUT2D eigenvalue weighted by molar-refractivity contribution is 5.77. The molecule has 0 aliphatic heterocycles. The van der Waals surface area contributed by atoms with Gasteiger partial charge in [0, 0.05) is 37.8 Å². The van der Waals surface area contributed by atoms with Crippen molar-refractivity contribution < 1.29 is 23.8 Å². The molecule has 3 aromatic rings. The summed E-state index contributed by atoms with van der Waals surface area (Å²) in [5.74, 6) is 0.814. The van der Waals surface area contributed by atoms with Crippen molar-refractivity contribution in [1.29, 1.82) is 0 Å². The Morgan fingerprint density at radius 3 is 2.59 bits per heavy atom. The molecule has 0 amide bonds. The molecule has 1 atom stereocenters. The molecule has 0 spiro atoms. The zero-order valence-corrected chi connectivity index (χ0v) is 16.7. The number of pyridine rings is 1. The van der Waals surface area contributed by atoms with Crippen molar-refractivity contribution in [2.75, 3.05) is 13.7 Å². The Morgan fingerprint density at radius 2 is 1.97 bits per heavy atom. The second kappa shape index (κ2) is 8.87. The number of hydrogen-bond donors (Lipinski definition) is 1. The lowest BCUT2D eigenvalue weighted by Gasteiger charge is -2.22. The normalized spacial score (nSPS) is 13.1. The van der Waals surface area contributed by atoms with Crippen LogP contribution >= 0.6 is 0 Å². The summed E-state index contributed by atoms with van der Waals surface area (Å²) < 4.78 is 16.6. The number of benzene rings is 1. The number of carbonyl (C=O) groups is 1. The molecule has 0 aliphatic rings. The minimum atomic E-state index is -1.29. The van der Waals surface area contributed by atoms with Gasteiger partial charge in [0.05, 0.1) is 12.3 Å². The SMILES string of the molecule is COC(C)(Cc1ccc(OCCc2nc(-c3ccccc3)oc2C)nc1)C(=O)O. The maximum absolute atomic E-state index is 11.3. The molecule has 0 radical (unpaired) electrons. The van der Waals surface area contributed by atoms with Crippen molar-refractivity contribution in [3.63, 3.8) is 0 Å². The van der Waals surface area contributed by atoms with E-state index in [-0.39, 0.29) is 6.42 Å². The van der Waals surface area contributed by atoms with Crippen LogP contribution in [0.3, 0.4) is 0 Å². The van der Waals surface area contributed by atoms with E-state index < -0.39 is 11.6 Å². The van der Waals surface area contributed by atoms with E-state index >= 15 is 0 Å². The van der Waals surface area contributed by atoms with E-state index in [2.05, 4.69) is 9.97 Å². The third-order valence-electron chi connectivity index (χ3n) is 4.74. The van der Waals surface area contributed by atoms with Gasteiger partial charge in [0.1, 0.15) is 5.76 Å². The summed E-state index contributed by atoms with van der Waals surface area (Å²) in [4.78, 5) is 20.1. The van der Waals surface area contributed by atoms with Gasteiger partial charge < -0.3 is 19.0 Å². The van der Waals surface area contributed by atoms with Crippen LogP contribution in [0.25, 0.3) is 11.5 Å². The van der Waals surface area contributed by atoms with Crippen LogP contribution < -0.4 is 4.74 Å². The summed E-state index contributed by atoms with van der Waals surface area (Å²) in [6.07, 6.45) is 2.41. The summed E-state index contributed by atoms with van der Waals surface area (Å²) in [6.45, 7) is 3.82. The van der Waals surface area contributed by atoms with Crippen LogP contribution in [0.1, 0.15) is 23.9 Å². The van der Waals surface area contributed by atoms with Crippen LogP contribution in [0, 0.1) is 6.92 Å². The first-order chi connectivity index (χ1) is 13.9. The van der Waals surface area contributed by atoms with E-state index in [1.165, 1.54) is 14.0 Å². The first-order valence-electron chi connectivity index (χ1n) is 9.29. The number of aromatic nitrogens is 2. The average Bonchev–Trinajstić information content (AvgIpc) is 3.10. The van der Waals surface area contributed by atoms with Crippen molar-refractivity contribution >= 4 is 5.97 Å². The maximum Gasteiger partial charge on any atom is 0.336 e. The number of methoxy groups -OCH3 is 1. The van der Waals surface area contributed by atoms with E-state index in [9.17, 15) is 9.90 Å². The number of aliphatic carboxylic acids is 1. The summed E-state index contributed by atoms with van der Waals surface area (Å²) in [6, 6.07) is 13.3. The third kappa shape index (κ3) is 5.00. The predicted molar refractivity (Wildman–Crippen MR) is 107 cm³/mol. The highest BCUT2D eigenvalue weighted by atomic mass is 16.5. The molecule has 152 valence electrons. The smallest absolute Gasteiger partial charge is 0.336 e. The van der Waals surface area contributed by atoms with E-state index in [0.717, 1.165) is 22.6 Å². The van der Waals surface area contributed by atoms with Crippen LogP contribution in [-0.2, 0) is 22.4 Å². The monoisotopic (exact) mass is 396 g/mol. The molecular weight excluding hydrogens is 372 g/mol. The molecule has 7 heteroatoms. The van der Waals surface area contributed by atoms with Crippen molar-refractivity contribution in [2.24, 2.45) is 0 Å². The van der Waals surface area contributed by atoms with Gasteiger partial charge in [-0.05, 0) is 31.5 Å². The van der Waals surface area contributed by atoms with Crippen LogP contribution in [0.4, 0.5) is 0 Å². The Hall–Kier alpha value is -3.19. The van der Waals surface area contributed by atoms with Gasteiger partial charge in [0.25, 0.3) is 0 Å². The zero-order chi connectivity index (χ0) is 20.9. The molecule has 7 nitrogen and oxygen atoms in total. The van der Waals surface area contributed by atoms with Crippen molar-refractivity contribution in [3.05, 3.63) is 65.7 Å². The lowest BCUT2D eigenvalue weighted by atomic mass is 9.97. The second-order valence-corrected chi connectivity index (χ2v) is 6.91. The number of aryl methyl sites for hydroxylation is 1. The first kappa shape index (κ1) is 20.5. The molecule has 1 aromatic carbocycles. The van der Waals surface area contributed by atoms with Gasteiger partial charge in [-0.15, -0.1) is 0 Å². The topological polar surface area (TPSA) is 94.7 Å². The molecule has 2 heterocycles. The average molecular weight is 396 g/mol. The second-order valence-electron chi connectivity index (χ2n) is 6.91. The molecule has 0 aliphatic carbocycles. The first-order valence-corrected chi connectivity index (χ1v) is 9.29. The van der Waals surface area contributed by atoms with Gasteiger partial charge >= 0.3 is 5.97 Å². The molecule has 29 heavy (non-hydrogen) atoms. The molecule has 1 N–H and O–H groups in total. The van der Waals surface area contributed by atoms with Crippen LogP contribution in [0.2, 0.25) is 0 Å². The largest absolute Gasteiger partial charge is 0.479 e. The van der Waals surface area contributed by atoms with E-state index in [4.69, 9.17) is 13.9 Å². The van der Waals surface area contributed by atoms with E-state index in [1.54, 1.807) is 18.3 Å². The van der Waals surface area contributed by atoms with Crippen LogP contribution in [0.5, 0.6) is 5.88 Å². The molecule has 3 rings (SSSR count). The number of carboxylic acids is 1. The van der Waals surface area contributed by atoms with E-state index in [1.807, 2.05) is 37.3 Å². The van der Waals surface area contributed by atoms with Gasteiger partial charge in [0.2, 0.25) is 11.8 Å². The minimum absolute atomic E-state index is 0.215. The number of rotatable bonds is 9. The number of carboxylic acid groups (broad SMARTS) is 1. The predicted octanol–water partition coefficient (Wildman–Crippen LogP) is 3.70. The molecular formula is C22H24N2O5. The van der Waals surface area contributed by atoms with Gasteiger partial charge in [-0.1, -0.05) is 24.3 Å². The Balaban J connectivity index is 1.56.